The van der Waals surface area contributed by atoms with Crippen LogP contribution in [0.4, 0.5) is 5.69 Å². The lowest BCUT2D eigenvalue weighted by Gasteiger charge is -2.23. The number of dihydropyridines is 1. The first-order valence-electron chi connectivity index (χ1n) is 5.62. The molecule has 1 N–H and O–H groups in total. The van der Waals surface area contributed by atoms with E-state index in [1.807, 2.05) is 49.4 Å². The van der Waals surface area contributed by atoms with Gasteiger partial charge in [-0.05, 0) is 36.9 Å². The Kier molecular flexibility index (Phi) is 3.28. The highest BCUT2D eigenvalue weighted by atomic mass is 16.2. The van der Waals surface area contributed by atoms with Crippen molar-refractivity contribution in [2.45, 2.75) is 13.0 Å². The number of likely N-dealkylation sites (N-methyl/N-ethyl adjacent to an activating group) is 1. The van der Waals surface area contributed by atoms with Crippen molar-refractivity contribution in [2.75, 3.05) is 11.9 Å². The molecule has 0 aliphatic carbocycles. The van der Waals surface area contributed by atoms with Crippen LogP contribution in [0.3, 0.4) is 0 Å². The molecule has 3 heteroatoms. The van der Waals surface area contributed by atoms with Gasteiger partial charge in [0.15, 0.2) is 0 Å². The normalized spacial score (nSPS) is 17.6. The average molecular weight is 228 g/mol. The van der Waals surface area contributed by atoms with Gasteiger partial charge in [-0.2, -0.15) is 0 Å². The molecule has 1 amide bonds. The summed E-state index contributed by atoms with van der Waals surface area (Å²) in [5, 5.41) is 3.03. The van der Waals surface area contributed by atoms with Gasteiger partial charge in [0.2, 0.25) is 0 Å². The summed E-state index contributed by atoms with van der Waals surface area (Å²) in [7, 11) is 1.80. The molecule has 0 spiro atoms. The number of nitrogens with one attached hydrogen (secondary N) is 1. The maximum atomic E-state index is 12.2. The van der Waals surface area contributed by atoms with E-state index in [1.165, 1.54) is 0 Å². The standard InChI is InChI=1S/C14H16N2O/c1-11-6-5-7-12(10-11)16(2)14(17)13-8-3-4-9-15-13/h3-10,13,15H,1-2H3. The van der Waals surface area contributed by atoms with Gasteiger partial charge in [0, 0.05) is 12.7 Å². The Morgan fingerprint density at radius 1 is 1.35 bits per heavy atom. The lowest BCUT2D eigenvalue weighted by atomic mass is 10.1. The Labute approximate surface area is 101 Å². The van der Waals surface area contributed by atoms with Crippen LogP contribution in [0.15, 0.2) is 48.7 Å². The number of nitrogens with zero attached hydrogens (tertiary/aromatic N) is 1. The molecule has 3 nitrogen and oxygen atoms in total. The van der Waals surface area contributed by atoms with Gasteiger partial charge in [-0.3, -0.25) is 4.79 Å². The van der Waals surface area contributed by atoms with Crippen molar-refractivity contribution in [3.8, 4) is 0 Å². The molecule has 0 fully saturated rings. The molecule has 1 aromatic rings. The van der Waals surface area contributed by atoms with E-state index in [0.717, 1.165) is 11.3 Å². The minimum atomic E-state index is -0.273. The molecule has 1 atom stereocenters. The van der Waals surface area contributed by atoms with Gasteiger partial charge < -0.3 is 10.2 Å². The lowest BCUT2D eigenvalue weighted by Crippen LogP contribution is -2.42. The van der Waals surface area contributed by atoms with E-state index < -0.39 is 0 Å². The van der Waals surface area contributed by atoms with Gasteiger partial charge in [0.25, 0.3) is 5.91 Å². The number of amides is 1. The fourth-order valence-electron chi connectivity index (χ4n) is 1.77. The Bertz CT molecular complexity index is 477. The van der Waals surface area contributed by atoms with Crippen LogP contribution in [0.5, 0.6) is 0 Å². The third-order valence-corrected chi connectivity index (χ3v) is 2.77. The van der Waals surface area contributed by atoms with Gasteiger partial charge in [0.05, 0.1) is 0 Å². The molecule has 1 aliphatic rings. The topological polar surface area (TPSA) is 32.3 Å². The highest BCUT2D eigenvalue weighted by Gasteiger charge is 2.20. The minimum Gasteiger partial charge on any atom is -0.377 e. The smallest absolute Gasteiger partial charge is 0.253 e. The van der Waals surface area contributed by atoms with Crippen LogP contribution >= 0.6 is 0 Å². The maximum Gasteiger partial charge on any atom is 0.253 e. The Balaban J connectivity index is 2.14. The van der Waals surface area contributed by atoms with Gasteiger partial charge in [-0.15, -0.1) is 0 Å². The van der Waals surface area contributed by atoms with Crippen molar-refractivity contribution >= 4 is 11.6 Å². The van der Waals surface area contributed by atoms with Crippen molar-refractivity contribution in [3.63, 3.8) is 0 Å². The number of aryl methyl sites for hydroxylation is 1. The molecular weight excluding hydrogens is 212 g/mol. The monoisotopic (exact) mass is 228 g/mol. The molecule has 88 valence electrons. The Hall–Kier alpha value is -2.03. The number of carbonyl (C=O) groups excluding carboxylic acids is 1. The first kappa shape index (κ1) is 11.5. The van der Waals surface area contributed by atoms with Gasteiger partial charge in [-0.1, -0.05) is 24.3 Å². The maximum absolute atomic E-state index is 12.2. The first-order valence-corrected chi connectivity index (χ1v) is 5.62. The number of allylic oxidation sites excluding steroid dienone is 2. The molecule has 0 saturated carbocycles. The zero-order chi connectivity index (χ0) is 12.3. The summed E-state index contributed by atoms with van der Waals surface area (Å²) in [6.07, 6.45) is 7.39. The number of hydrogen-bond donors (Lipinski definition) is 1. The molecule has 17 heavy (non-hydrogen) atoms. The van der Waals surface area contributed by atoms with Crippen LogP contribution < -0.4 is 10.2 Å². The van der Waals surface area contributed by atoms with Crippen LogP contribution in [0, 0.1) is 6.92 Å². The van der Waals surface area contributed by atoms with E-state index in [1.54, 1.807) is 18.1 Å². The number of rotatable bonds is 2. The molecular formula is C14H16N2O. The number of anilines is 1. The minimum absolute atomic E-state index is 0.0381. The summed E-state index contributed by atoms with van der Waals surface area (Å²) in [4.78, 5) is 13.9. The van der Waals surface area contributed by atoms with E-state index in [0.29, 0.717) is 0 Å². The number of benzene rings is 1. The summed E-state index contributed by atoms with van der Waals surface area (Å²) >= 11 is 0. The predicted molar refractivity (Wildman–Crippen MR) is 69.8 cm³/mol. The summed E-state index contributed by atoms with van der Waals surface area (Å²) in [5.74, 6) is 0.0381. The van der Waals surface area contributed by atoms with Crippen LogP contribution in [0.25, 0.3) is 0 Å². The first-order chi connectivity index (χ1) is 8.18. The lowest BCUT2D eigenvalue weighted by molar-refractivity contribution is -0.119. The second-order valence-electron chi connectivity index (χ2n) is 4.12. The van der Waals surface area contributed by atoms with Crippen molar-refractivity contribution in [3.05, 3.63) is 54.3 Å². The van der Waals surface area contributed by atoms with E-state index in [4.69, 9.17) is 0 Å². The number of carbonyl (C=O) groups is 1. The molecule has 0 bridgehead atoms. The number of hydrogen-bond acceptors (Lipinski definition) is 2. The third kappa shape index (κ3) is 2.56. The van der Waals surface area contributed by atoms with Crippen molar-refractivity contribution in [2.24, 2.45) is 0 Å². The third-order valence-electron chi connectivity index (χ3n) is 2.77. The van der Waals surface area contributed by atoms with Crippen molar-refractivity contribution < 1.29 is 4.79 Å². The second-order valence-corrected chi connectivity index (χ2v) is 4.12. The van der Waals surface area contributed by atoms with Crippen LogP contribution in [0.1, 0.15) is 5.56 Å². The SMILES string of the molecule is Cc1cccc(N(C)C(=O)C2C=CC=CN2)c1. The largest absolute Gasteiger partial charge is 0.377 e. The van der Waals surface area contributed by atoms with Crippen LogP contribution in [0.2, 0.25) is 0 Å². The van der Waals surface area contributed by atoms with Crippen LogP contribution in [-0.4, -0.2) is 19.0 Å². The van der Waals surface area contributed by atoms with Crippen molar-refractivity contribution in [1.29, 1.82) is 0 Å². The summed E-state index contributed by atoms with van der Waals surface area (Å²) in [6.45, 7) is 2.02. The van der Waals surface area contributed by atoms with Gasteiger partial charge in [0.1, 0.15) is 6.04 Å². The molecule has 1 aliphatic heterocycles. The van der Waals surface area contributed by atoms with E-state index in [-0.39, 0.29) is 11.9 Å². The zero-order valence-corrected chi connectivity index (χ0v) is 10.1. The van der Waals surface area contributed by atoms with Gasteiger partial charge in [-0.25, -0.2) is 0 Å². The van der Waals surface area contributed by atoms with Crippen molar-refractivity contribution in [1.82, 2.24) is 5.32 Å². The highest BCUT2D eigenvalue weighted by Crippen LogP contribution is 2.15. The zero-order valence-electron chi connectivity index (χ0n) is 10.1. The summed E-state index contributed by atoms with van der Waals surface area (Å²) in [5.41, 5.74) is 2.06. The molecule has 0 radical (unpaired) electrons. The summed E-state index contributed by atoms with van der Waals surface area (Å²) in [6, 6.07) is 7.64. The fraction of sp³-hybridized carbons (Fsp3) is 0.214. The fourth-order valence-corrected chi connectivity index (χ4v) is 1.77. The molecule has 1 unspecified atom stereocenters. The Morgan fingerprint density at radius 2 is 2.18 bits per heavy atom. The highest BCUT2D eigenvalue weighted by molar-refractivity contribution is 5.98. The average Bonchev–Trinajstić information content (AvgIpc) is 2.38. The summed E-state index contributed by atoms with van der Waals surface area (Å²) < 4.78 is 0. The van der Waals surface area contributed by atoms with Gasteiger partial charge >= 0.3 is 0 Å². The van der Waals surface area contributed by atoms with E-state index >= 15 is 0 Å². The molecule has 1 heterocycles. The second kappa shape index (κ2) is 4.87. The molecule has 0 aromatic heterocycles. The molecule has 2 rings (SSSR count). The molecule has 1 aromatic carbocycles. The predicted octanol–water partition coefficient (Wildman–Crippen LogP) is 2.00. The molecule has 0 saturated heterocycles. The quantitative estimate of drug-likeness (QED) is 0.839. The van der Waals surface area contributed by atoms with E-state index in [2.05, 4.69) is 5.32 Å². The van der Waals surface area contributed by atoms with E-state index in [9.17, 15) is 4.79 Å². The van der Waals surface area contributed by atoms with Crippen LogP contribution in [-0.2, 0) is 4.79 Å². The Morgan fingerprint density at radius 3 is 2.82 bits per heavy atom.